The highest BCUT2D eigenvalue weighted by atomic mass is 32.2. The second-order valence-corrected chi connectivity index (χ2v) is 6.67. The van der Waals surface area contributed by atoms with Crippen molar-refractivity contribution in [3.05, 3.63) is 0 Å². The lowest BCUT2D eigenvalue weighted by atomic mass is 10.2. The fraction of sp³-hybridized carbons (Fsp3) is 0.900. The maximum Gasteiger partial charge on any atom is 0.282 e. The van der Waals surface area contributed by atoms with E-state index in [0.29, 0.717) is 19.6 Å². The molecule has 0 atom stereocenters. The third-order valence-corrected chi connectivity index (χ3v) is 5.09. The molecule has 1 rings (SSSR count). The van der Waals surface area contributed by atoms with Gasteiger partial charge < -0.3 is 5.73 Å². The Bertz CT molecular complexity index is 349. The van der Waals surface area contributed by atoms with Gasteiger partial charge in [0.2, 0.25) is 0 Å². The summed E-state index contributed by atoms with van der Waals surface area (Å²) in [6.45, 7) is 3.54. The minimum atomic E-state index is -3.39. The van der Waals surface area contributed by atoms with Gasteiger partial charge >= 0.3 is 0 Å². The van der Waals surface area contributed by atoms with E-state index in [1.54, 1.807) is 11.2 Å². The fourth-order valence-electron chi connectivity index (χ4n) is 1.97. The largest absolute Gasteiger partial charge is 0.392 e. The summed E-state index contributed by atoms with van der Waals surface area (Å²) in [7, 11) is -3.39. The van der Waals surface area contributed by atoms with Crippen molar-refractivity contribution < 1.29 is 8.42 Å². The first kappa shape index (κ1) is 14.8. The minimum absolute atomic E-state index is 0.130. The topological polar surface area (TPSA) is 66.6 Å². The number of hydrogen-bond acceptors (Lipinski definition) is 3. The summed E-state index contributed by atoms with van der Waals surface area (Å²) in [4.78, 5) is 0.213. The molecule has 100 valence electrons. The Morgan fingerprint density at radius 1 is 1.29 bits per heavy atom. The highest BCUT2D eigenvalue weighted by Gasteiger charge is 2.29. The first-order valence-corrected chi connectivity index (χ1v) is 7.82. The van der Waals surface area contributed by atoms with Crippen LogP contribution in [0.25, 0.3) is 0 Å². The van der Waals surface area contributed by atoms with Gasteiger partial charge in [0.25, 0.3) is 10.2 Å². The Kier molecular flexibility index (Phi) is 5.78. The fourth-order valence-corrected chi connectivity index (χ4v) is 3.88. The molecule has 1 aliphatic heterocycles. The van der Waals surface area contributed by atoms with Gasteiger partial charge in [-0.15, -0.1) is 0 Å². The molecule has 1 aliphatic rings. The monoisotopic (exact) mass is 279 g/mol. The zero-order valence-corrected chi connectivity index (χ0v) is 11.9. The van der Waals surface area contributed by atoms with Crippen LogP contribution in [0.2, 0.25) is 0 Å². The van der Waals surface area contributed by atoms with Gasteiger partial charge in [0.15, 0.2) is 0 Å². The quantitative estimate of drug-likeness (QED) is 0.753. The number of thiocarbonyl (C=S) groups is 1. The molecule has 0 amide bonds. The van der Waals surface area contributed by atoms with Crippen LogP contribution in [0.1, 0.15) is 32.6 Å². The molecule has 1 fully saturated rings. The first-order valence-electron chi connectivity index (χ1n) is 6.02. The third-order valence-electron chi connectivity index (χ3n) is 2.90. The van der Waals surface area contributed by atoms with Crippen LogP contribution in [0, 0.1) is 0 Å². The van der Waals surface area contributed by atoms with E-state index in [4.69, 9.17) is 18.0 Å². The SMILES string of the molecule is CCN(CC(N)=S)S(=O)(=O)N1CCCCCC1. The summed E-state index contributed by atoms with van der Waals surface area (Å²) < 4.78 is 27.6. The molecule has 1 heterocycles. The average Bonchev–Trinajstić information content (AvgIpc) is 2.54. The van der Waals surface area contributed by atoms with Crippen LogP contribution in [0.3, 0.4) is 0 Å². The molecule has 0 aromatic rings. The molecule has 0 unspecified atom stereocenters. The summed E-state index contributed by atoms with van der Waals surface area (Å²) >= 11 is 4.79. The molecule has 0 aliphatic carbocycles. The van der Waals surface area contributed by atoms with Crippen molar-refractivity contribution in [2.45, 2.75) is 32.6 Å². The molecule has 0 bridgehead atoms. The second kappa shape index (κ2) is 6.63. The van der Waals surface area contributed by atoms with E-state index in [1.807, 2.05) is 0 Å². The normalized spacial score (nSPS) is 19.2. The Balaban J connectivity index is 2.78. The second-order valence-electron chi connectivity index (χ2n) is 4.21. The van der Waals surface area contributed by atoms with Crippen LogP contribution < -0.4 is 5.73 Å². The van der Waals surface area contributed by atoms with Gasteiger partial charge in [-0.3, -0.25) is 0 Å². The van der Waals surface area contributed by atoms with E-state index in [1.165, 1.54) is 4.31 Å². The van der Waals surface area contributed by atoms with Crippen LogP contribution in [0.15, 0.2) is 0 Å². The lowest BCUT2D eigenvalue weighted by Gasteiger charge is -2.27. The van der Waals surface area contributed by atoms with E-state index in [-0.39, 0.29) is 11.5 Å². The van der Waals surface area contributed by atoms with Crippen LogP contribution in [-0.2, 0) is 10.2 Å². The van der Waals surface area contributed by atoms with E-state index in [2.05, 4.69) is 0 Å². The highest BCUT2D eigenvalue weighted by Crippen LogP contribution is 2.16. The van der Waals surface area contributed by atoms with E-state index < -0.39 is 10.2 Å². The predicted octanol–water partition coefficient (Wildman–Crippen LogP) is 0.715. The van der Waals surface area contributed by atoms with Crippen LogP contribution in [0.4, 0.5) is 0 Å². The van der Waals surface area contributed by atoms with Crippen LogP contribution >= 0.6 is 12.2 Å². The van der Waals surface area contributed by atoms with Crippen LogP contribution in [0.5, 0.6) is 0 Å². The number of likely N-dealkylation sites (N-methyl/N-ethyl adjacent to an activating group) is 1. The molecule has 5 nitrogen and oxygen atoms in total. The minimum Gasteiger partial charge on any atom is -0.392 e. The zero-order valence-electron chi connectivity index (χ0n) is 10.3. The van der Waals surface area contributed by atoms with Crippen molar-refractivity contribution in [2.75, 3.05) is 26.2 Å². The first-order chi connectivity index (χ1) is 7.98. The Morgan fingerprint density at radius 2 is 1.82 bits per heavy atom. The van der Waals surface area contributed by atoms with Gasteiger partial charge in [0, 0.05) is 19.6 Å². The number of rotatable bonds is 5. The van der Waals surface area contributed by atoms with Gasteiger partial charge in [-0.2, -0.15) is 17.0 Å². The summed E-state index contributed by atoms with van der Waals surface area (Å²) in [5, 5.41) is 0. The van der Waals surface area contributed by atoms with Gasteiger partial charge in [0.1, 0.15) is 0 Å². The number of nitrogens with two attached hydrogens (primary N) is 1. The molecular weight excluding hydrogens is 258 g/mol. The molecule has 17 heavy (non-hydrogen) atoms. The molecule has 1 saturated heterocycles. The summed E-state index contributed by atoms with van der Waals surface area (Å²) in [5.74, 6) is 0. The average molecular weight is 279 g/mol. The summed E-state index contributed by atoms with van der Waals surface area (Å²) in [5.41, 5.74) is 5.43. The maximum absolute atomic E-state index is 12.3. The molecule has 2 N–H and O–H groups in total. The Morgan fingerprint density at radius 3 is 2.24 bits per heavy atom. The molecule has 0 aromatic heterocycles. The summed E-state index contributed by atoms with van der Waals surface area (Å²) in [6.07, 6.45) is 4.08. The number of nitrogens with zero attached hydrogens (tertiary/aromatic N) is 2. The molecular formula is C10H21N3O2S2. The molecule has 7 heteroatoms. The van der Waals surface area contributed by atoms with Crippen molar-refractivity contribution >= 4 is 27.4 Å². The third kappa shape index (κ3) is 4.17. The lowest BCUT2D eigenvalue weighted by Crippen LogP contribution is -2.46. The van der Waals surface area contributed by atoms with Gasteiger partial charge in [-0.05, 0) is 12.8 Å². The molecule has 0 radical (unpaired) electrons. The summed E-state index contributed by atoms with van der Waals surface area (Å²) in [6, 6.07) is 0. The highest BCUT2D eigenvalue weighted by molar-refractivity contribution is 7.87. The van der Waals surface area contributed by atoms with Crippen molar-refractivity contribution in [3.8, 4) is 0 Å². The number of hydrogen-bond donors (Lipinski definition) is 1. The van der Waals surface area contributed by atoms with Gasteiger partial charge in [-0.1, -0.05) is 32.0 Å². The Labute approximate surface area is 109 Å². The molecule has 0 saturated carbocycles. The lowest BCUT2D eigenvalue weighted by molar-refractivity contribution is 0.364. The smallest absolute Gasteiger partial charge is 0.282 e. The van der Waals surface area contributed by atoms with Crippen LogP contribution in [-0.4, -0.2) is 48.2 Å². The predicted molar refractivity (Wildman–Crippen MR) is 73.0 cm³/mol. The van der Waals surface area contributed by atoms with E-state index in [0.717, 1.165) is 25.7 Å². The standard InChI is InChI=1S/C10H21N3O2S2/c1-2-12(9-10(11)16)17(14,15)13-7-5-3-4-6-8-13/h2-9H2,1H3,(H2,11,16). The molecule has 0 spiro atoms. The molecule has 0 aromatic carbocycles. The van der Waals surface area contributed by atoms with E-state index >= 15 is 0 Å². The van der Waals surface area contributed by atoms with Crippen molar-refractivity contribution in [1.29, 1.82) is 0 Å². The zero-order chi connectivity index (χ0) is 12.9. The van der Waals surface area contributed by atoms with Crippen molar-refractivity contribution in [2.24, 2.45) is 5.73 Å². The van der Waals surface area contributed by atoms with Gasteiger partial charge in [0.05, 0.1) is 11.5 Å². The van der Waals surface area contributed by atoms with Crippen molar-refractivity contribution in [3.63, 3.8) is 0 Å². The Hall–Kier alpha value is -0.240. The van der Waals surface area contributed by atoms with E-state index in [9.17, 15) is 8.42 Å². The maximum atomic E-state index is 12.3. The van der Waals surface area contributed by atoms with Crippen molar-refractivity contribution in [1.82, 2.24) is 8.61 Å². The van der Waals surface area contributed by atoms with Gasteiger partial charge in [-0.25, -0.2) is 0 Å².